The number of aromatic nitrogens is 3. The molecule has 1 N–H and O–H groups in total. The van der Waals surface area contributed by atoms with E-state index >= 15 is 0 Å². The van der Waals surface area contributed by atoms with Gasteiger partial charge in [0.2, 0.25) is 0 Å². The number of carbonyl (C=O) groups is 1. The molecule has 22 heavy (non-hydrogen) atoms. The lowest BCUT2D eigenvalue weighted by molar-refractivity contribution is 0.0953. The van der Waals surface area contributed by atoms with Crippen LogP contribution in [0.1, 0.15) is 29.6 Å². The first-order valence-corrected chi connectivity index (χ1v) is 8.12. The van der Waals surface area contributed by atoms with E-state index in [1.54, 1.807) is 6.20 Å². The Balaban J connectivity index is 1.81. The van der Waals surface area contributed by atoms with Crippen LogP contribution in [0.15, 0.2) is 35.8 Å². The molecule has 2 heterocycles. The molecule has 5 nitrogen and oxygen atoms in total. The number of nitrogens with one attached hydrogen (secondary N) is 1. The summed E-state index contributed by atoms with van der Waals surface area (Å²) >= 11 is 1.32. The van der Waals surface area contributed by atoms with Crippen LogP contribution >= 0.6 is 11.3 Å². The molecule has 0 atom stereocenters. The van der Waals surface area contributed by atoms with E-state index in [4.69, 9.17) is 0 Å². The molecule has 2 aromatic heterocycles. The number of nitrogens with zero attached hydrogens (tertiary/aromatic N) is 3. The quantitative estimate of drug-likeness (QED) is 0.734. The lowest BCUT2D eigenvalue weighted by Crippen LogP contribution is -2.24. The van der Waals surface area contributed by atoms with E-state index in [-0.39, 0.29) is 5.91 Å². The van der Waals surface area contributed by atoms with Crippen molar-refractivity contribution in [3.05, 3.63) is 40.8 Å². The Morgan fingerprint density at radius 1 is 1.18 bits per heavy atom. The van der Waals surface area contributed by atoms with Gasteiger partial charge >= 0.3 is 0 Å². The van der Waals surface area contributed by atoms with E-state index in [1.807, 2.05) is 29.6 Å². The molecule has 1 aromatic carbocycles. The van der Waals surface area contributed by atoms with Gasteiger partial charge in [-0.15, -0.1) is 11.3 Å². The first-order valence-electron chi connectivity index (χ1n) is 7.24. The molecule has 0 fully saturated rings. The van der Waals surface area contributed by atoms with Crippen molar-refractivity contribution < 1.29 is 4.79 Å². The highest BCUT2D eigenvalue weighted by atomic mass is 32.1. The molecule has 0 aliphatic heterocycles. The van der Waals surface area contributed by atoms with Gasteiger partial charge in [-0.3, -0.25) is 9.78 Å². The predicted octanol–water partition coefficient (Wildman–Crippen LogP) is 3.28. The Morgan fingerprint density at radius 2 is 2.00 bits per heavy atom. The molecule has 112 valence electrons. The molecule has 3 aromatic rings. The highest BCUT2D eigenvalue weighted by molar-refractivity contribution is 7.12. The summed E-state index contributed by atoms with van der Waals surface area (Å²) in [4.78, 5) is 25.3. The third-order valence-electron chi connectivity index (χ3n) is 3.23. The number of para-hydroxylation sites is 2. The maximum atomic E-state index is 12.0. The van der Waals surface area contributed by atoms with Crippen LogP contribution in [0.2, 0.25) is 0 Å². The van der Waals surface area contributed by atoms with Crippen LogP contribution in [0.5, 0.6) is 0 Å². The van der Waals surface area contributed by atoms with Gasteiger partial charge in [0, 0.05) is 11.9 Å². The molecule has 0 unspecified atom stereocenters. The van der Waals surface area contributed by atoms with Crippen molar-refractivity contribution in [1.82, 2.24) is 20.3 Å². The Hall–Kier alpha value is -2.34. The normalized spacial score (nSPS) is 10.8. The van der Waals surface area contributed by atoms with Crippen LogP contribution in [-0.4, -0.2) is 27.4 Å². The second-order valence-electron chi connectivity index (χ2n) is 4.89. The Bertz CT molecular complexity index is 799. The van der Waals surface area contributed by atoms with E-state index in [0.29, 0.717) is 22.9 Å². The fourth-order valence-corrected chi connectivity index (χ4v) is 2.76. The maximum absolute atomic E-state index is 12.0. The summed E-state index contributed by atoms with van der Waals surface area (Å²) < 4.78 is 0. The Morgan fingerprint density at radius 3 is 2.82 bits per heavy atom. The van der Waals surface area contributed by atoms with Crippen LogP contribution in [0.4, 0.5) is 0 Å². The minimum atomic E-state index is -0.126. The number of amides is 1. The summed E-state index contributed by atoms with van der Waals surface area (Å²) in [6.45, 7) is 2.77. The number of hydrogen-bond acceptors (Lipinski definition) is 5. The van der Waals surface area contributed by atoms with Gasteiger partial charge in [-0.25, -0.2) is 9.97 Å². The molecule has 0 saturated heterocycles. The zero-order chi connectivity index (χ0) is 15.4. The van der Waals surface area contributed by atoms with Crippen LogP contribution in [0, 0.1) is 0 Å². The van der Waals surface area contributed by atoms with E-state index in [9.17, 15) is 4.79 Å². The van der Waals surface area contributed by atoms with Crippen molar-refractivity contribution in [2.45, 2.75) is 19.8 Å². The molecule has 0 aliphatic carbocycles. The van der Waals surface area contributed by atoms with Crippen molar-refractivity contribution >= 4 is 28.3 Å². The van der Waals surface area contributed by atoms with Crippen molar-refractivity contribution in [2.75, 3.05) is 6.54 Å². The third-order valence-corrected chi connectivity index (χ3v) is 4.07. The largest absolute Gasteiger partial charge is 0.350 e. The number of benzene rings is 1. The molecule has 6 heteroatoms. The molecule has 1 amide bonds. The lowest BCUT2D eigenvalue weighted by atomic mass is 10.3. The second-order valence-corrected chi connectivity index (χ2v) is 5.75. The van der Waals surface area contributed by atoms with Crippen molar-refractivity contribution in [1.29, 1.82) is 0 Å². The average molecular weight is 312 g/mol. The van der Waals surface area contributed by atoms with E-state index < -0.39 is 0 Å². The number of hydrogen-bond donors (Lipinski definition) is 1. The summed E-state index contributed by atoms with van der Waals surface area (Å²) in [5.74, 6) is -0.126. The number of carbonyl (C=O) groups excluding carboxylic acids is 1. The minimum absolute atomic E-state index is 0.126. The van der Waals surface area contributed by atoms with Gasteiger partial charge in [-0.05, 0) is 18.6 Å². The topological polar surface area (TPSA) is 67.8 Å². The maximum Gasteiger partial charge on any atom is 0.280 e. The Labute approximate surface area is 132 Å². The molecular weight excluding hydrogens is 296 g/mol. The molecule has 0 aliphatic rings. The van der Waals surface area contributed by atoms with Gasteiger partial charge < -0.3 is 5.32 Å². The number of rotatable bonds is 5. The van der Waals surface area contributed by atoms with Gasteiger partial charge in [0.15, 0.2) is 5.01 Å². The van der Waals surface area contributed by atoms with Crippen molar-refractivity contribution in [2.24, 2.45) is 0 Å². The Kier molecular flexibility index (Phi) is 4.39. The van der Waals surface area contributed by atoms with Gasteiger partial charge in [0.05, 0.1) is 17.2 Å². The fourth-order valence-electron chi connectivity index (χ4n) is 2.03. The summed E-state index contributed by atoms with van der Waals surface area (Å²) in [6.07, 6.45) is 3.71. The second kappa shape index (κ2) is 6.62. The fraction of sp³-hybridized carbons (Fsp3) is 0.250. The van der Waals surface area contributed by atoms with Crippen molar-refractivity contribution in [3.63, 3.8) is 0 Å². The van der Waals surface area contributed by atoms with Gasteiger partial charge in [0.25, 0.3) is 5.91 Å². The third kappa shape index (κ3) is 3.12. The molecule has 0 spiro atoms. The molecule has 0 radical (unpaired) electrons. The summed E-state index contributed by atoms with van der Waals surface area (Å²) in [7, 11) is 0. The monoisotopic (exact) mass is 312 g/mol. The summed E-state index contributed by atoms with van der Waals surface area (Å²) in [5, 5.41) is 5.17. The van der Waals surface area contributed by atoms with E-state index in [1.165, 1.54) is 11.3 Å². The number of unbranched alkanes of at least 4 members (excludes halogenated alkanes) is 1. The molecule has 0 saturated carbocycles. The minimum Gasteiger partial charge on any atom is -0.350 e. The summed E-state index contributed by atoms with van der Waals surface area (Å²) in [6, 6.07) is 7.68. The lowest BCUT2D eigenvalue weighted by Gasteiger charge is -2.01. The predicted molar refractivity (Wildman–Crippen MR) is 87.9 cm³/mol. The van der Waals surface area contributed by atoms with Gasteiger partial charge in [0.1, 0.15) is 11.4 Å². The van der Waals surface area contributed by atoms with Crippen molar-refractivity contribution in [3.8, 4) is 11.4 Å². The number of fused-ring (bicyclic) bond motifs is 1. The zero-order valence-electron chi connectivity index (χ0n) is 12.2. The van der Waals surface area contributed by atoms with Gasteiger partial charge in [-0.2, -0.15) is 0 Å². The van der Waals surface area contributed by atoms with E-state index in [2.05, 4.69) is 27.2 Å². The summed E-state index contributed by atoms with van der Waals surface area (Å²) in [5.41, 5.74) is 3.03. The smallest absolute Gasteiger partial charge is 0.280 e. The first-order chi connectivity index (χ1) is 10.8. The van der Waals surface area contributed by atoms with Gasteiger partial charge in [-0.1, -0.05) is 25.5 Å². The zero-order valence-corrected chi connectivity index (χ0v) is 13.1. The van der Waals surface area contributed by atoms with Crippen LogP contribution in [-0.2, 0) is 0 Å². The highest BCUT2D eigenvalue weighted by Crippen LogP contribution is 2.21. The standard InChI is InChI=1S/C16H16N4OS/c1-2-3-8-17-15(21)16-20-14(10-22-16)13-9-18-11-6-4-5-7-12(11)19-13/h4-7,9-10H,2-3,8H2,1H3,(H,17,21). The SMILES string of the molecule is CCCCNC(=O)c1nc(-c2cnc3ccccc3n2)cs1. The highest BCUT2D eigenvalue weighted by Gasteiger charge is 2.12. The van der Waals surface area contributed by atoms with Crippen LogP contribution in [0.25, 0.3) is 22.4 Å². The number of thiazole rings is 1. The molecular formula is C16H16N4OS. The van der Waals surface area contributed by atoms with Crippen LogP contribution < -0.4 is 5.32 Å². The molecule has 0 bridgehead atoms. The first kappa shape index (κ1) is 14.6. The average Bonchev–Trinajstić information content (AvgIpc) is 3.04. The molecule has 3 rings (SSSR count). The van der Waals surface area contributed by atoms with E-state index in [0.717, 1.165) is 23.9 Å². The van der Waals surface area contributed by atoms with Crippen LogP contribution in [0.3, 0.4) is 0 Å².